The van der Waals surface area contributed by atoms with Crippen molar-refractivity contribution in [3.8, 4) is 0 Å². The van der Waals surface area contributed by atoms with Crippen LogP contribution in [-0.4, -0.2) is 49.3 Å². The standard InChI is InChI=1S/C21H26ClN3O2S/c1-25-10-7-15-3-2-14(12-16(15)8-11-25)13-18(26)17(6-9-23)24-21(27)19-4-5-20(22)28-19/h2-5,12,17H,6-11,13,23H2,1H3,(H,24,27)/t17-/m1/s1. The third kappa shape index (κ3) is 5.41. The molecule has 1 aromatic carbocycles. The first-order chi connectivity index (χ1) is 13.5. The number of benzene rings is 1. The summed E-state index contributed by atoms with van der Waals surface area (Å²) in [5.74, 6) is -0.305. The van der Waals surface area contributed by atoms with Crippen LogP contribution in [0.1, 0.15) is 32.8 Å². The third-order valence-corrected chi connectivity index (χ3v) is 6.35. The topological polar surface area (TPSA) is 75.4 Å². The lowest BCUT2D eigenvalue weighted by molar-refractivity contribution is -0.120. The van der Waals surface area contributed by atoms with E-state index in [1.165, 1.54) is 22.5 Å². The SMILES string of the molecule is CN1CCc2ccc(CC(=O)[C@@H](CCN)NC(=O)c3ccc(Cl)s3)cc2CC1. The van der Waals surface area contributed by atoms with Crippen molar-refractivity contribution in [1.82, 2.24) is 10.2 Å². The van der Waals surface area contributed by atoms with Gasteiger partial charge in [0.1, 0.15) is 0 Å². The Kier molecular flexibility index (Phi) is 7.24. The molecular weight excluding hydrogens is 394 g/mol. The van der Waals surface area contributed by atoms with Gasteiger partial charge in [0, 0.05) is 19.5 Å². The van der Waals surface area contributed by atoms with Crippen LogP contribution < -0.4 is 11.1 Å². The smallest absolute Gasteiger partial charge is 0.261 e. The number of rotatable bonds is 7. The number of amides is 1. The van der Waals surface area contributed by atoms with Crippen molar-refractivity contribution in [3.63, 3.8) is 0 Å². The summed E-state index contributed by atoms with van der Waals surface area (Å²) in [6.07, 6.45) is 2.74. The minimum absolute atomic E-state index is 0.0212. The number of nitrogens with one attached hydrogen (secondary N) is 1. The Morgan fingerprint density at radius 1 is 1.21 bits per heavy atom. The molecule has 0 spiro atoms. The van der Waals surface area contributed by atoms with Gasteiger partial charge in [0.05, 0.1) is 15.3 Å². The summed E-state index contributed by atoms with van der Waals surface area (Å²) in [6, 6.07) is 9.06. The highest BCUT2D eigenvalue weighted by Gasteiger charge is 2.22. The third-order valence-electron chi connectivity index (χ3n) is 5.12. The van der Waals surface area contributed by atoms with Gasteiger partial charge in [-0.15, -0.1) is 11.3 Å². The normalized spacial score (nSPS) is 15.5. The number of fused-ring (bicyclic) bond motifs is 1. The molecule has 3 rings (SSSR count). The molecule has 5 nitrogen and oxygen atoms in total. The van der Waals surface area contributed by atoms with Gasteiger partial charge < -0.3 is 16.0 Å². The highest BCUT2D eigenvalue weighted by Crippen LogP contribution is 2.22. The van der Waals surface area contributed by atoms with Crippen LogP contribution in [0.5, 0.6) is 0 Å². The zero-order valence-electron chi connectivity index (χ0n) is 16.0. The Morgan fingerprint density at radius 2 is 1.96 bits per heavy atom. The number of hydrogen-bond acceptors (Lipinski definition) is 5. The summed E-state index contributed by atoms with van der Waals surface area (Å²) in [5.41, 5.74) is 9.35. The number of hydrogen-bond donors (Lipinski definition) is 2. The summed E-state index contributed by atoms with van der Waals surface area (Å²) in [7, 11) is 2.14. The zero-order chi connectivity index (χ0) is 20.1. The van der Waals surface area contributed by atoms with Crippen molar-refractivity contribution in [2.24, 2.45) is 5.73 Å². The summed E-state index contributed by atoms with van der Waals surface area (Å²) >= 11 is 7.10. The van der Waals surface area contributed by atoms with Crippen LogP contribution in [-0.2, 0) is 24.1 Å². The summed E-state index contributed by atoms with van der Waals surface area (Å²) < 4.78 is 0.544. The average Bonchev–Trinajstić information content (AvgIpc) is 3.02. The molecule has 7 heteroatoms. The maximum Gasteiger partial charge on any atom is 0.261 e. The number of carbonyl (C=O) groups is 2. The highest BCUT2D eigenvalue weighted by atomic mass is 35.5. The quantitative estimate of drug-likeness (QED) is 0.723. The first-order valence-electron chi connectivity index (χ1n) is 9.54. The molecule has 0 saturated heterocycles. The average molecular weight is 420 g/mol. The van der Waals surface area contributed by atoms with Crippen molar-refractivity contribution >= 4 is 34.6 Å². The van der Waals surface area contributed by atoms with Crippen molar-refractivity contribution in [3.05, 3.63) is 56.2 Å². The van der Waals surface area contributed by atoms with Crippen molar-refractivity contribution in [1.29, 1.82) is 0 Å². The molecule has 1 amide bonds. The number of likely N-dealkylation sites (N-methyl/N-ethyl adjacent to an activating group) is 1. The largest absolute Gasteiger partial charge is 0.341 e. The predicted octanol–water partition coefficient (Wildman–Crippen LogP) is 2.69. The fraction of sp³-hybridized carbons (Fsp3) is 0.429. The molecule has 1 aromatic heterocycles. The lowest BCUT2D eigenvalue weighted by Gasteiger charge is -2.17. The van der Waals surface area contributed by atoms with Gasteiger partial charge in [-0.3, -0.25) is 9.59 Å². The minimum Gasteiger partial charge on any atom is -0.341 e. The zero-order valence-corrected chi connectivity index (χ0v) is 17.6. The summed E-state index contributed by atoms with van der Waals surface area (Å²) in [5, 5.41) is 2.82. The highest BCUT2D eigenvalue weighted by molar-refractivity contribution is 7.18. The van der Waals surface area contributed by atoms with E-state index < -0.39 is 6.04 Å². The Bertz CT molecular complexity index is 852. The van der Waals surface area contributed by atoms with Crippen molar-refractivity contribution in [2.45, 2.75) is 31.7 Å². The van der Waals surface area contributed by atoms with E-state index in [0.717, 1.165) is 31.5 Å². The maximum absolute atomic E-state index is 12.9. The second-order valence-electron chi connectivity index (χ2n) is 7.26. The first kappa shape index (κ1) is 21.0. The van der Waals surface area contributed by atoms with Crippen LogP contribution in [0.25, 0.3) is 0 Å². The molecule has 0 fully saturated rings. The van der Waals surface area contributed by atoms with E-state index in [9.17, 15) is 9.59 Å². The number of thiophene rings is 1. The molecular formula is C21H26ClN3O2S. The number of nitrogens with zero attached hydrogens (tertiary/aromatic N) is 1. The van der Waals surface area contributed by atoms with Gasteiger partial charge in [-0.1, -0.05) is 29.8 Å². The van der Waals surface area contributed by atoms with E-state index in [1.54, 1.807) is 12.1 Å². The molecule has 0 radical (unpaired) electrons. The van der Waals surface area contributed by atoms with Crippen LogP contribution >= 0.6 is 22.9 Å². The Hall–Kier alpha value is -1.73. The number of halogens is 1. The monoisotopic (exact) mass is 419 g/mol. The van der Waals surface area contributed by atoms with Crippen LogP contribution in [0.3, 0.4) is 0 Å². The molecule has 1 atom stereocenters. The summed E-state index contributed by atoms with van der Waals surface area (Å²) in [6.45, 7) is 2.42. The van der Waals surface area contributed by atoms with Gasteiger partial charge in [-0.25, -0.2) is 0 Å². The lowest BCUT2D eigenvalue weighted by atomic mass is 9.95. The lowest BCUT2D eigenvalue weighted by Crippen LogP contribution is -2.42. The Balaban J connectivity index is 1.68. The van der Waals surface area contributed by atoms with Crippen molar-refractivity contribution < 1.29 is 9.59 Å². The molecule has 0 unspecified atom stereocenters. The van der Waals surface area contributed by atoms with Crippen LogP contribution in [0.4, 0.5) is 0 Å². The van der Waals surface area contributed by atoms with Gasteiger partial charge in [0.2, 0.25) is 0 Å². The van der Waals surface area contributed by atoms with E-state index in [2.05, 4.69) is 29.4 Å². The van der Waals surface area contributed by atoms with Crippen molar-refractivity contribution in [2.75, 3.05) is 26.7 Å². The maximum atomic E-state index is 12.9. The van der Waals surface area contributed by atoms with Crippen LogP contribution in [0.15, 0.2) is 30.3 Å². The van der Waals surface area contributed by atoms with E-state index in [-0.39, 0.29) is 11.7 Å². The molecule has 3 N–H and O–H groups in total. The van der Waals surface area contributed by atoms with E-state index in [0.29, 0.717) is 28.6 Å². The van der Waals surface area contributed by atoms with E-state index >= 15 is 0 Å². The molecule has 1 aliphatic rings. The number of carbonyl (C=O) groups excluding carboxylic acids is 2. The Morgan fingerprint density at radius 3 is 2.64 bits per heavy atom. The first-order valence-corrected chi connectivity index (χ1v) is 10.7. The Labute approximate surface area is 174 Å². The minimum atomic E-state index is -0.594. The molecule has 0 saturated carbocycles. The summed E-state index contributed by atoms with van der Waals surface area (Å²) in [4.78, 5) is 28.1. The number of ketones is 1. The van der Waals surface area contributed by atoms with Gasteiger partial charge in [-0.2, -0.15) is 0 Å². The molecule has 28 heavy (non-hydrogen) atoms. The van der Waals surface area contributed by atoms with E-state index in [1.807, 2.05) is 6.07 Å². The second-order valence-corrected chi connectivity index (χ2v) is 8.97. The molecule has 2 heterocycles. The fourth-order valence-corrected chi connectivity index (χ4v) is 4.42. The predicted molar refractivity (Wildman–Crippen MR) is 114 cm³/mol. The second kappa shape index (κ2) is 9.65. The number of Topliss-reactive ketones (excluding diaryl/α,β-unsaturated/α-hetero) is 1. The molecule has 150 valence electrons. The van der Waals surface area contributed by atoms with Crippen LogP contribution in [0, 0.1) is 0 Å². The molecule has 2 aromatic rings. The molecule has 0 aliphatic carbocycles. The van der Waals surface area contributed by atoms with Gasteiger partial charge in [-0.05, 0) is 61.7 Å². The molecule has 0 bridgehead atoms. The fourth-order valence-electron chi connectivity index (χ4n) is 3.47. The van der Waals surface area contributed by atoms with Gasteiger partial charge in [0.25, 0.3) is 5.91 Å². The van der Waals surface area contributed by atoms with Crippen LogP contribution in [0.2, 0.25) is 4.34 Å². The van der Waals surface area contributed by atoms with Gasteiger partial charge >= 0.3 is 0 Å². The number of nitrogens with two attached hydrogens (primary N) is 1. The van der Waals surface area contributed by atoms with E-state index in [4.69, 9.17) is 17.3 Å². The van der Waals surface area contributed by atoms with Gasteiger partial charge in [0.15, 0.2) is 5.78 Å². The molecule has 1 aliphatic heterocycles.